The molecule has 1 aromatic carbocycles. The predicted molar refractivity (Wildman–Crippen MR) is 53.0 cm³/mol. The Morgan fingerprint density at radius 3 is 2.50 bits per heavy atom. The van der Waals surface area contributed by atoms with Crippen molar-refractivity contribution in [3.05, 3.63) is 29.8 Å². The molecule has 1 unspecified atom stereocenters. The Morgan fingerprint density at radius 1 is 1.43 bits per heavy atom. The molecule has 1 aromatic rings. The number of carboxylic acids is 1. The lowest BCUT2D eigenvalue weighted by atomic mass is 10.2. The monoisotopic (exact) mass is 212 g/mol. The first kappa shape index (κ1) is 10.7. The molecule has 0 saturated heterocycles. The Hall–Kier alpha value is -1.42. The van der Waals surface area contributed by atoms with Crippen molar-refractivity contribution in [2.45, 2.75) is 12.4 Å². The van der Waals surface area contributed by atoms with Crippen molar-refractivity contribution in [1.82, 2.24) is 0 Å². The molecule has 14 heavy (non-hydrogen) atoms. The van der Waals surface area contributed by atoms with E-state index in [2.05, 4.69) is 10.2 Å². The van der Waals surface area contributed by atoms with E-state index in [0.717, 1.165) is 5.56 Å². The van der Waals surface area contributed by atoms with Gasteiger partial charge in [0, 0.05) is 0 Å². The number of carboxylic acid groups (broad SMARTS) is 1. The number of halogens is 1. The van der Waals surface area contributed by atoms with Crippen molar-refractivity contribution in [1.29, 1.82) is 0 Å². The van der Waals surface area contributed by atoms with E-state index >= 15 is 0 Å². The third-order valence-corrected chi connectivity index (χ3v) is 1.79. The van der Waals surface area contributed by atoms with Gasteiger partial charge in [-0.3, -0.25) is 0 Å². The van der Waals surface area contributed by atoms with Gasteiger partial charge in [0.05, 0.1) is 5.69 Å². The Morgan fingerprint density at radius 2 is 2.00 bits per heavy atom. The molecule has 0 aromatic heterocycles. The number of benzene rings is 1. The van der Waals surface area contributed by atoms with E-state index < -0.39 is 11.5 Å². The highest BCUT2D eigenvalue weighted by Gasteiger charge is 2.10. The first-order chi connectivity index (χ1) is 6.59. The molecule has 1 atom stereocenters. The first-order valence-electron chi connectivity index (χ1n) is 3.94. The van der Waals surface area contributed by atoms with Gasteiger partial charge in [-0.1, -0.05) is 29.3 Å². The van der Waals surface area contributed by atoms with Gasteiger partial charge in [0.25, 0.3) is 0 Å². The van der Waals surface area contributed by atoms with Crippen LogP contribution in [-0.2, 0) is 4.79 Å². The minimum Gasteiger partial charge on any atom is -0.479 e. The number of nitrogens with zero attached hydrogens (tertiary/aromatic N) is 2. The highest BCUT2D eigenvalue weighted by atomic mass is 35.5. The van der Waals surface area contributed by atoms with Gasteiger partial charge >= 0.3 is 5.97 Å². The lowest BCUT2D eigenvalue weighted by Gasteiger charge is -1.95. The quantitative estimate of drug-likeness (QED) is 0.476. The number of rotatable bonds is 3. The van der Waals surface area contributed by atoms with Crippen LogP contribution in [0.25, 0.3) is 0 Å². The molecule has 0 saturated carbocycles. The topological polar surface area (TPSA) is 62.0 Å². The number of alkyl halides is 1. The Balaban J connectivity index is 2.69. The Bertz CT molecular complexity index is 348. The fourth-order valence-corrected chi connectivity index (χ4v) is 0.822. The van der Waals surface area contributed by atoms with Crippen molar-refractivity contribution in [2.24, 2.45) is 10.2 Å². The average molecular weight is 213 g/mol. The second kappa shape index (κ2) is 4.72. The SMILES string of the molecule is Cc1ccc(N=NC(Cl)C(=O)O)cc1. The third kappa shape index (κ3) is 3.14. The van der Waals surface area contributed by atoms with Gasteiger partial charge in [0.15, 0.2) is 0 Å². The van der Waals surface area contributed by atoms with Crippen molar-refractivity contribution >= 4 is 23.3 Å². The smallest absolute Gasteiger partial charge is 0.345 e. The second-order valence-corrected chi connectivity index (χ2v) is 3.14. The molecule has 1 rings (SSSR count). The maximum atomic E-state index is 10.3. The van der Waals surface area contributed by atoms with Gasteiger partial charge in [-0.15, -0.1) is 0 Å². The van der Waals surface area contributed by atoms with Crippen LogP contribution in [0.2, 0.25) is 0 Å². The average Bonchev–Trinajstić information content (AvgIpc) is 2.16. The number of aliphatic carboxylic acids is 1. The van der Waals surface area contributed by atoms with Gasteiger partial charge < -0.3 is 5.11 Å². The van der Waals surface area contributed by atoms with E-state index in [-0.39, 0.29) is 0 Å². The fraction of sp³-hybridized carbons (Fsp3) is 0.222. The Kier molecular flexibility index (Phi) is 3.59. The zero-order valence-electron chi connectivity index (χ0n) is 7.51. The van der Waals surface area contributed by atoms with Crippen LogP contribution in [0.4, 0.5) is 5.69 Å². The van der Waals surface area contributed by atoms with Crippen LogP contribution in [0, 0.1) is 6.92 Å². The molecule has 1 N–H and O–H groups in total. The van der Waals surface area contributed by atoms with Crippen LogP contribution in [0.5, 0.6) is 0 Å². The third-order valence-electron chi connectivity index (χ3n) is 1.51. The number of hydrogen-bond donors (Lipinski definition) is 1. The molecule has 0 heterocycles. The van der Waals surface area contributed by atoms with E-state index in [1.54, 1.807) is 12.1 Å². The van der Waals surface area contributed by atoms with Crippen LogP contribution in [0.1, 0.15) is 5.56 Å². The van der Waals surface area contributed by atoms with E-state index in [1.165, 1.54) is 0 Å². The van der Waals surface area contributed by atoms with Crippen LogP contribution in [0.15, 0.2) is 34.5 Å². The van der Waals surface area contributed by atoms with Crippen LogP contribution in [0.3, 0.4) is 0 Å². The minimum atomic E-state index is -1.32. The zero-order valence-corrected chi connectivity index (χ0v) is 8.27. The summed E-state index contributed by atoms with van der Waals surface area (Å²) in [6, 6.07) is 7.20. The van der Waals surface area contributed by atoms with Gasteiger partial charge in [-0.25, -0.2) is 4.79 Å². The molecular formula is C9H9ClN2O2. The molecule has 74 valence electrons. The number of hydrogen-bond acceptors (Lipinski definition) is 3. The summed E-state index contributed by atoms with van der Waals surface area (Å²) < 4.78 is 0. The second-order valence-electron chi connectivity index (χ2n) is 2.73. The maximum absolute atomic E-state index is 10.3. The van der Waals surface area contributed by atoms with E-state index in [0.29, 0.717) is 5.69 Å². The lowest BCUT2D eigenvalue weighted by molar-refractivity contribution is -0.136. The number of azo groups is 1. The molecule has 0 radical (unpaired) electrons. The summed E-state index contributed by atoms with van der Waals surface area (Å²) in [6.45, 7) is 1.95. The van der Waals surface area contributed by atoms with E-state index in [1.807, 2.05) is 19.1 Å². The molecule has 5 heteroatoms. The normalized spacial score (nSPS) is 13.0. The number of aryl methyl sites for hydroxylation is 1. The molecule has 0 fully saturated rings. The van der Waals surface area contributed by atoms with Crippen molar-refractivity contribution < 1.29 is 9.90 Å². The van der Waals surface area contributed by atoms with Gasteiger partial charge in [-0.2, -0.15) is 10.2 Å². The molecule has 0 aliphatic rings. The standard InChI is InChI=1S/C9H9ClN2O2/c1-6-2-4-7(5-3-6)11-12-8(10)9(13)14/h2-5,8H,1H3,(H,13,14). The van der Waals surface area contributed by atoms with Crippen molar-refractivity contribution in [3.8, 4) is 0 Å². The summed E-state index contributed by atoms with van der Waals surface area (Å²) in [5.41, 5.74) is 0.364. The zero-order chi connectivity index (χ0) is 10.6. The molecule has 0 aliphatic carbocycles. The predicted octanol–water partition coefficient (Wildman–Crippen LogP) is 2.73. The molecule has 0 bridgehead atoms. The summed E-state index contributed by atoms with van der Waals surface area (Å²) in [5.74, 6) is -1.21. The van der Waals surface area contributed by atoms with E-state index in [9.17, 15) is 4.79 Å². The van der Waals surface area contributed by atoms with Crippen molar-refractivity contribution in [3.63, 3.8) is 0 Å². The highest BCUT2D eigenvalue weighted by molar-refractivity contribution is 6.29. The Labute approximate surface area is 86.2 Å². The molecule has 4 nitrogen and oxygen atoms in total. The largest absolute Gasteiger partial charge is 0.479 e. The summed E-state index contributed by atoms with van der Waals surface area (Å²) in [4.78, 5) is 10.3. The summed E-state index contributed by atoms with van der Waals surface area (Å²) in [7, 11) is 0. The minimum absolute atomic E-state index is 0.586. The van der Waals surface area contributed by atoms with Crippen LogP contribution in [-0.4, -0.2) is 16.6 Å². The fourth-order valence-electron chi connectivity index (χ4n) is 0.778. The summed E-state index contributed by atoms with van der Waals surface area (Å²) >= 11 is 5.34. The summed E-state index contributed by atoms with van der Waals surface area (Å²) in [6.07, 6.45) is 0. The molecular weight excluding hydrogens is 204 g/mol. The lowest BCUT2D eigenvalue weighted by Crippen LogP contribution is -2.08. The first-order valence-corrected chi connectivity index (χ1v) is 4.37. The van der Waals surface area contributed by atoms with Crippen LogP contribution < -0.4 is 0 Å². The van der Waals surface area contributed by atoms with E-state index in [4.69, 9.17) is 16.7 Å². The summed E-state index contributed by atoms with van der Waals surface area (Å²) in [5, 5.41) is 15.5. The van der Waals surface area contributed by atoms with Gasteiger partial charge in [-0.05, 0) is 19.1 Å². The van der Waals surface area contributed by atoms with Crippen molar-refractivity contribution in [2.75, 3.05) is 0 Å². The van der Waals surface area contributed by atoms with Gasteiger partial charge in [0.1, 0.15) is 0 Å². The van der Waals surface area contributed by atoms with Crippen LogP contribution >= 0.6 is 11.6 Å². The number of carbonyl (C=O) groups is 1. The maximum Gasteiger partial charge on any atom is 0.345 e. The molecule has 0 spiro atoms. The molecule has 0 aliphatic heterocycles. The molecule has 0 amide bonds. The highest BCUT2D eigenvalue weighted by Crippen LogP contribution is 2.14. The van der Waals surface area contributed by atoms with Gasteiger partial charge in [0.2, 0.25) is 5.50 Å².